The normalized spacial score (nSPS) is 10.5. The number of hydrogen-bond acceptors (Lipinski definition) is 5. The fourth-order valence-electron chi connectivity index (χ4n) is 2.45. The highest BCUT2D eigenvalue weighted by Gasteiger charge is 2.23. The van der Waals surface area contributed by atoms with Crippen LogP contribution in [0.15, 0.2) is 54.6 Å². The summed E-state index contributed by atoms with van der Waals surface area (Å²) in [5, 5.41) is 26.6. The molecule has 0 N–H and O–H groups in total. The van der Waals surface area contributed by atoms with Gasteiger partial charge in [-0.25, -0.2) is 4.68 Å². The summed E-state index contributed by atoms with van der Waals surface area (Å²) < 4.78 is 1.44. The Balaban J connectivity index is 2.24. The third kappa shape index (κ3) is 2.72. The van der Waals surface area contributed by atoms with Crippen molar-refractivity contribution in [2.75, 3.05) is 0 Å². The summed E-state index contributed by atoms with van der Waals surface area (Å²) in [4.78, 5) is 20.9. The van der Waals surface area contributed by atoms with Crippen molar-refractivity contribution in [1.82, 2.24) is 9.78 Å². The second-order valence-corrected chi connectivity index (χ2v) is 5.14. The minimum Gasteiger partial charge on any atom is -0.258 e. The largest absolute Gasteiger partial charge is 0.301 e. The van der Waals surface area contributed by atoms with E-state index in [1.54, 1.807) is 13.0 Å². The second-order valence-electron chi connectivity index (χ2n) is 5.14. The summed E-state index contributed by atoms with van der Waals surface area (Å²) in [6.45, 7) is 1.78. The van der Waals surface area contributed by atoms with Crippen LogP contribution in [0.25, 0.3) is 16.9 Å². The van der Waals surface area contributed by atoms with Gasteiger partial charge in [0, 0.05) is 11.6 Å². The molecule has 1 aromatic heterocycles. The minimum atomic E-state index is -0.663. The molecule has 24 heavy (non-hydrogen) atoms. The van der Waals surface area contributed by atoms with Crippen LogP contribution in [0.4, 0.5) is 11.4 Å². The van der Waals surface area contributed by atoms with Gasteiger partial charge in [-0.05, 0) is 19.1 Å². The summed E-state index contributed by atoms with van der Waals surface area (Å²) in [5.41, 5.74) is 1.66. The Labute approximate surface area is 136 Å². The van der Waals surface area contributed by atoms with E-state index in [2.05, 4.69) is 5.10 Å². The Morgan fingerprint density at radius 2 is 1.67 bits per heavy atom. The van der Waals surface area contributed by atoms with Crippen molar-refractivity contribution in [1.29, 1.82) is 0 Å². The van der Waals surface area contributed by atoms with Gasteiger partial charge in [0.2, 0.25) is 0 Å². The highest BCUT2D eigenvalue weighted by molar-refractivity contribution is 5.66. The van der Waals surface area contributed by atoms with E-state index in [9.17, 15) is 20.2 Å². The maximum absolute atomic E-state index is 11.4. The molecule has 0 aliphatic rings. The van der Waals surface area contributed by atoms with Crippen LogP contribution < -0.4 is 0 Å². The van der Waals surface area contributed by atoms with E-state index in [0.717, 1.165) is 11.6 Å². The van der Waals surface area contributed by atoms with Gasteiger partial charge in [-0.1, -0.05) is 30.3 Å². The maximum atomic E-state index is 11.4. The maximum Gasteiger partial charge on any atom is 0.301 e. The molecule has 120 valence electrons. The van der Waals surface area contributed by atoms with Gasteiger partial charge in [-0.15, -0.1) is 0 Å². The van der Waals surface area contributed by atoms with Crippen LogP contribution >= 0.6 is 0 Å². The number of non-ortho nitro benzene ring substituents is 1. The van der Waals surface area contributed by atoms with Crippen LogP contribution in [0.5, 0.6) is 0 Å². The molecule has 0 aliphatic heterocycles. The number of nitro benzene ring substituents is 2. The number of hydrogen-bond donors (Lipinski definition) is 0. The van der Waals surface area contributed by atoms with Crippen LogP contribution in [0.2, 0.25) is 0 Å². The summed E-state index contributed by atoms with van der Waals surface area (Å²) in [6, 6.07) is 14.6. The monoisotopic (exact) mass is 324 g/mol. The second kappa shape index (κ2) is 5.92. The Bertz CT molecular complexity index is 935. The average Bonchev–Trinajstić information content (AvgIpc) is 2.96. The van der Waals surface area contributed by atoms with Gasteiger partial charge in [0.1, 0.15) is 5.69 Å². The zero-order valence-electron chi connectivity index (χ0n) is 12.6. The van der Waals surface area contributed by atoms with E-state index in [1.165, 1.54) is 16.8 Å². The number of aromatic nitrogens is 2. The summed E-state index contributed by atoms with van der Waals surface area (Å²) in [5.74, 6) is 0. The van der Waals surface area contributed by atoms with Crippen molar-refractivity contribution < 1.29 is 9.85 Å². The molecule has 0 saturated carbocycles. The van der Waals surface area contributed by atoms with Crippen molar-refractivity contribution in [3.8, 4) is 16.9 Å². The highest BCUT2D eigenvalue weighted by atomic mass is 16.6. The van der Waals surface area contributed by atoms with Crippen molar-refractivity contribution in [3.63, 3.8) is 0 Å². The molecule has 8 nitrogen and oxygen atoms in total. The molecule has 0 saturated heterocycles. The van der Waals surface area contributed by atoms with Gasteiger partial charge in [0.25, 0.3) is 5.69 Å². The number of nitro groups is 2. The quantitative estimate of drug-likeness (QED) is 0.538. The number of benzene rings is 2. The van der Waals surface area contributed by atoms with Crippen molar-refractivity contribution in [2.24, 2.45) is 0 Å². The molecule has 3 aromatic rings. The van der Waals surface area contributed by atoms with Gasteiger partial charge in [-0.3, -0.25) is 20.2 Å². The highest BCUT2D eigenvalue weighted by Crippen LogP contribution is 2.31. The lowest BCUT2D eigenvalue weighted by Gasteiger charge is -2.08. The molecule has 0 amide bonds. The van der Waals surface area contributed by atoms with Crippen LogP contribution in [0, 0.1) is 27.2 Å². The van der Waals surface area contributed by atoms with E-state index >= 15 is 0 Å². The first-order chi connectivity index (χ1) is 11.5. The van der Waals surface area contributed by atoms with Crippen molar-refractivity contribution >= 4 is 11.4 Å². The fourth-order valence-corrected chi connectivity index (χ4v) is 2.45. The van der Waals surface area contributed by atoms with E-state index in [1.807, 2.05) is 30.3 Å². The molecule has 0 unspecified atom stereocenters. The molecule has 2 aromatic carbocycles. The first-order valence-electron chi connectivity index (χ1n) is 7.02. The SMILES string of the molecule is Cc1cc(-c2ccccc2)n(-c2ccc([N+](=O)[O-])cc2[N+](=O)[O-])n1. The van der Waals surface area contributed by atoms with Gasteiger partial charge in [-0.2, -0.15) is 5.10 Å². The van der Waals surface area contributed by atoms with E-state index in [-0.39, 0.29) is 17.1 Å². The van der Waals surface area contributed by atoms with Crippen LogP contribution in [0.1, 0.15) is 5.69 Å². The zero-order valence-corrected chi connectivity index (χ0v) is 12.6. The van der Waals surface area contributed by atoms with Crippen LogP contribution in [0.3, 0.4) is 0 Å². The average molecular weight is 324 g/mol. The lowest BCUT2D eigenvalue weighted by Crippen LogP contribution is -2.04. The number of nitrogens with zero attached hydrogens (tertiary/aromatic N) is 4. The third-order valence-corrected chi connectivity index (χ3v) is 3.50. The summed E-state index contributed by atoms with van der Waals surface area (Å²) in [7, 11) is 0. The minimum absolute atomic E-state index is 0.178. The number of aryl methyl sites for hydroxylation is 1. The Morgan fingerprint density at radius 1 is 0.958 bits per heavy atom. The molecule has 0 bridgehead atoms. The molecule has 8 heteroatoms. The Morgan fingerprint density at radius 3 is 2.29 bits per heavy atom. The molecule has 0 radical (unpaired) electrons. The van der Waals surface area contributed by atoms with Crippen molar-refractivity contribution in [2.45, 2.75) is 6.92 Å². The Kier molecular flexibility index (Phi) is 3.78. The molecule has 1 heterocycles. The summed E-state index contributed by atoms with van der Waals surface area (Å²) >= 11 is 0. The first-order valence-corrected chi connectivity index (χ1v) is 7.02. The number of rotatable bonds is 4. The molecular formula is C16H12N4O4. The molecule has 0 fully saturated rings. The van der Waals surface area contributed by atoms with Crippen LogP contribution in [-0.4, -0.2) is 19.6 Å². The van der Waals surface area contributed by atoms with Gasteiger partial charge in [0.15, 0.2) is 0 Å². The zero-order chi connectivity index (χ0) is 17.3. The van der Waals surface area contributed by atoms with Gasteiger partial charge < -0.3 is 0 Å². The predicted molar refractivity (Wildman–Crippen MR) is 87.0 cm³/mol. The third-order valence-electron chi connectivity index (χ3n) is 3.50. The molecule has 3 rings (SSSR count). The van der Waals surface area contributed by atoms with Gasteiger partial charge >= 0.3 is 5.69 Å². The Hall–Kier alpha value is -3.55. The topological polar surface area (TPSA) is 104 Å². The van der Waals surface area contributed by atoms with E-state index in [0.29, 0.717) is 11.4 Å². The molecule has 0 spiro atoms. The van der Waals surface area contributed by atoms with Gasteiger partial charge in [0.05, 0.1) is 27.3 Å². The summed E-state index contributed by atoms with van der Waals surface area (Å²) in [6.07, 6.45) is 0. The lowest BCUT2D eigenvalue weighted by molar-refractivity contribution is -0.394. The molecule has 0 aliphatic carbocycles. The van der Waals surface area contributed by atoms with E-state index in [4.69, 9.17) is 0 Å². The molecule has 0 atom stereocenters. The predicted octanol–water partition coefficient (Wildman–Crippen LogP) is 3.66. The van der Waals surface area contributed by atoms with Crippen molar-refractivity contribution in [3.05, 3.63) is 80.5 Å². The molecular weight excluding hydrogens is 312 g/mol. The standard InChI is InChI=1S/C16H12N4O4/c1-11-9-15(12-5-3-2-4-6-12)18(17-11)14-8-7-13(19(21)22)10-16(14)20(23)24/h2-10H,1H3. The fraction of sp³-hybridized carbons (Fsp3) is 0.0625. The lowest BCUT2D eigenvalue weighted by atomic mass is 10.1. The van der Waals surface area contributed by atoms with E-state index < -0.39 is 9.85 Å². The van der Waals surface area contributed by atoms with Crippen LogP contribution in [-0.2, 0) is 0 Å². The smallest absolute Gasteiger partial charge is 0.258 e. The first kappa shape index (κ1) is 15.3.